The largest absolute Gasteiger partial charge is 0.346 e. The van der Waals surface area contributed by atoms with Crippen molar-refractivity contribution in [2.75, 3.05) is 0 Å². The van der Waals surface area contributed by atoms with Gasteiger partial charge in [-0.05, 0) is 29.9 Å². The number of carbonyl (C=O) groups is 1. The van der Waals surface area contributed by atoms with Crippen molar-refractivity contribution in [3.05, 3.63) is 5.82 Å². The Bertz CT molecular complexity index is 336. The third kappa shape index (κ3) is 1.98. The molecule has 0 radical (unpaired) electrons. The first-order valence-corrected chi connectivity index (χ1v) is 5.23. The number of carbonyl (C=O) groups excluding carboxylic acids is 1. The molecule has 6 nitrogen and oxygen atoms in total. The molecule has 0 bridgehead atoms. The zero-order valence-electron chi connectivity index (χ0n) is 8.90. The van der Waals surface area contributed by atoms with E-state index in [2.05, 4.69) is 39.8 Å². The van der Waals surface area contributed by atoms with Crippen LogP contribution in [0.4, 0.5) is 0 Å². The van der Waals surface area contributed by atoms with E-state index >= 15 is 0 Å². The van der Waals surface area contributed by atoms with Crippen LogP contribution in [-0.2, 0) is 0 Å². The number of nitrogens with one attached hydrogen (secondary N) is 2. The van der Waals surface area contributed by atoms with E-state index in [9.17, 15) is 4.79 Å². The van der Waals surface area contributed by atoms with Gasteiger partial charge in [-0.15, -0.1) is 10.2 Å². The highest BCUT2D eigenvalue weighted by Crippen LogP contribution is 2.31. The van der Waals surface area contributed by atoms with Crippen LogP contribution in [0.1, 0.15) is 37.3 Å². The quantitative estimate of drug-likeness (QED) is 0.736. The number of hydrogen-bond acceptors (Lipinski definition) is 4. The molecule has 1 aromatic heterocycles. The number of amides is 1. The molecule has 6 heteroatoms. The molecule has 0 aromatic carbocycles. The average Bonchev–Trinajstić information content (AvgIpc) is 2.83. The third-order valence-corrected chi connectivity index (χ3v) is 3.33. The van der Waals surface area contributed by atoms with Crippen molar-refractivity contribution in [1.29, 1.82) is 0 Å². The Morgan fingerprint density at radius 1 is 1.47 bits per heavy atom. The van der Waals surface area contributed by atoms with Crippen LogP contribution in [-0.4, -0.2) is 32.6 Å². The summed E-state index contributed by atoms with van der Waals surface area (Å²) in [5, 5.41) is 15.8. The molecule has 0 aliphatic heterocycles. The van der Waals surface area contributed by atoms with Gasteiger partial charge in [-0.3, -0.25) is 4.79 Å². The monoisotopic (exact) mass is 209 g/mol. The van der Waals surface area contributed by atoms with Gasteiger partial charge in [-0.2, -0.15) is 5.21 Å². The molecule has 2 rings (SSSR count). The van der Waals surface area contributed by atoms with Crippen LogP contribution >= 0.6 is 0 Å². The zero-order chi connectivity index (χ0) is 10.8. The Hall–Kier alpha value is -1.46. The summed E-state index contributed by atoms with van der Waals surface area (Å²) < 4.78 is 0. The minimum absolute atomic E-state index is 0.113. The topological polar surface area (TPSA) is 83.6 Å². The molecule has 1 aromatic rings. The molecule has 1 heterocycles. The molecule has 1 aliphatic carbocycles. The molecule has 2 N–H and O–H groups in total. The van der Waals surface area contributed by atoms with Crippen LogP contribution in [0.15, 0.2) is 0 Å². The first kappa shape index (κ1) is 10.1. The van der Waals surface area contributed by atoms with Crippen molar-refractivity contribution in [3.63, 3.8) is 0 Å². The number of aromatic nitrogens is 4. The Labute approximate surface area is 87.8 Å². The standard InChI is InChI=1S/C9H15N5O/c1-5-3-4-7(6(5)2)10-9(15)8-11-13-14-12-8/h5-7H,3-4H2,1-2H3,(H,10,15)(H,11,12,13,14). The summed E-state index contributed by atoms with van der Waals surface area (Å²) in [7, 11) is 0. The van der Waals surface area contributed by atoms with Gasteiger partial charge in [0.1, 0.15) is 0 Å². The molecule has 15 heavy (non-hydrogen) atoms. The van der Waals surface area contributed by atoms with Gasteiger partial charge in [0.05, 0.1) is 0 Å². The minimum Gasteiger partial charge on any atom is -0.346 e. The van der Waals surface area contributed by atoms with Gasteiger partial charge in [-0.1, -0.05) is 13.8 Å². The second-order valence-electron chi connectivity index (χ2n) is 4.23. The summed E-state index contributed by atoms with van der Waals surface area (Å²) in [6, 6.07) is 0.242. The summed E-state index contributed by atoms with van der Waals surface area (Å²) in [5.41, 5.74) is 0. The number of nitrogens with zero attached hydrogens (tertiary/aromatic N) is 3. The lowest BCUT2D eigenvalue weighted by Gasteiger charge is -2.18. The molecule has 1 aliphatic rings. The number of aromatic amines is 1. The highest BCUT2D eigenvalue weighted by Gasteiger charge is 2.31. The van der Waals surface area contributed by atoms with Crippen molar-refractivity contribution in [2.45, 2.75) is 32.7 Å². The van der Waals surface area contributed by atoms with Crippen LogP contribution in [0.3, 0.4) is 0 Å². The third-order valence-electron chi connectivity index (χ3n) is 3.33. The van der Waals surface area contributed by atoms with Gasteiger partial charge in [0, 0.05) is 6.04 Å². The van der Waals surface area contributed by atoms with Gasteiger partial charge in [0.15, 0.2) is 0 Å². The molecule has 0 spiro atoms. The second kappa shape index (κ2) is 3.96. The van der Waals surface area contributed by atoms with E-state index in [0.717, 1.165) is 6.42 Å². The fourth-order valence-electron chi connectivity index (χ4n) is 2.06. The van der Waals surface area contributed by atoms with E-state index in [1.165, 1.54) is 6.42 Å². The summed E-state index contributed by atoms with van der Waals surface area (Å²) in [5.74, 6) is 1.05. The highest BCUT2D eigenvalue weighted by atomic mass is 16.2. The lowest BCUT2D eigenvalue weighted by molar-refractivity contribution is 0.0917. The molecule has 82 valence electrons. The van der Waals surface area contributed by atoms with E-state index in [-0.39, 0.29) is 17.8 Å². The van der Waals surface area contributed by atoms with E-state index < -0.39 is 0 Å². The highest BCUT2D eigenvalue weighted by molar-refractivity contribution is 5.90. The van der Waals surface area contributed by atoms with E-state index in [0.29, 0.717) is 11.8 Å². The van der Waals surface area contributed by atoms with Crippen LogP contribution in [0.5, 0.6) is 0 Å². The number of H-pyrrole nitrogens is 1. The van der Waals surface area contributed by atoms with Gasteiger partial charge in [-0.25, -0.2) is 0 Å². The van der Waals surface area contributed by atoms with E-state index in [1.807, 2.05) is 0 Å². The fourth-order valence-corrected chi connectivity index (χ4v) is 2.06. The molecule has 1 saturated carbocycles. The first-order chi connectivity index (χ1) is 7.18. The van der Waals surface area contributed by atoms with Crippen molar-refractivity contribution in [2.24, 2.45) is 11.8 Å². The van der Waals surface area contributed by atoms with E-state index in [1.54, 1.807) is 0 Å². The summed E-state index contributed by atoms with van der Waals surface area (Å²) >= 11 is 0. The second-order valence-corrected chi connectivity index (χ2v) is 4.23. The Morgan fingerprint density at radius 3 is 2.80 bits per heavy atom. The zero-order valence-corrected chi connectivity index (χ0v) is 8.90. The summed E-state index contributed by atoms with van der Waals surface area (Å²) in [6.07, 6.45) is 2.20. The van der Waals surface area contributed by atoms with Crippen LogP contribution < -0.4 is 5.32 Å². The normalized spacial score (nSPS) is 30.4. The van der Waals surface area contributed by atoms with Crippen LogP contribution in [0, 0.1) is 11.8 Å². The van der Waals surface area contributed by atoms with Gasteiger partial charge >= 0.3 is 0 Å². The summed E-state index contributed by atoms with van der Waals surface area (Å²) in [4.78, 5) is 11.6. The molecule has 1 fully saturated rings. The first-order valence-electron chi connectivity index (χ1n) is 5.23. The lowest BCUT2D eigenvalue weighted by atomic mass is 9.98. The maximum Gasteiger partial charge on any atom is 0.293 e. The van der Waals surface area contributed by atoms with Gasteiger partial charge in [0.25, 0.3) is 11.7 Å². The number of tetrazole rings is 1. The van der Waals surface area contributed by atoms with Crippen molar-refractivity contribution in [1.82, 2.24) is 25.9 Å². The smallest absolute Gasteiger partial charge is 0.293 e. The predicted molar refractivity (Wildman–Crippen MR) is 53.0 cm³/mol. The average molecular weight is 209 g/mol. The van der Waals surface area contributed by atoms with Crippen molar-refractivity contribution in [3.8, 4) is 0 Å². The summed E-state index contributed by atoms with van der Waals surface area (Å²) in [6.45, 7) is 4.38. The van der Waals surface area contributed by atoms with Gasteiger partial charge < -0.3 is 5.32 Å². The Balaban J connectivity index is 1.95. The minimum atomic E-state index is -0.241. The molecule has 3 atom stereocenters. The molecular weight excluding hydrogens is 194 g/mol. The van der Waals surface area contributed by atoms with Crippen molar-refractivity contribution < 1.29 is 4.79 Å². The maximum absolute atomic E-state index is 11.6. The number of hydrogen-bond donors (Lipinski definition) is 2. The predicted octanol–water partition coefficient (Wildman–Crippen LogP) is 0.364. The lowest BCUT2D eigenvalue weighted by Crippen LogP contribution is -2.37. The van der Waals surface area contributed by atoms with Gasteiger partial charge in [0.2, 0.25) is 0 Å². The SMILES string of the molecule is CC1CCC(NC(=O)c2nn[nH]n2)C1C. The molecular formula is C9H15N5O. The van der Waals surface area contributed by atoms with Crippen LogP contribution in [0.25, 0.3) is 0 Å². The van der Waals surface area contributed by atoms with Crippen molar-refractivity contribution >= 4 is 5.91 Å². The van der Waals surface area contributed by atoms with Crippen LogP contribution in [0.2, 0.25) is 0 Å². The van der Waals surface area contributed by atoms with E-state index in [4.69, 9.17) is 0 Å². The molecule has 3 unspecified atom stereocenters. The Morgan fingerprint density at radius 2 is 2.27 bits per heavy atom. The molecule has 1 amide bonds. The molecule has 0 saturated heterocycles. The maximum atomic E-state index is 11.6. The Kier molecular flexibility index (Phi) is 2.66. The number of rotatable bonds is 2. The fraction of sp³-hybridized carbons (Fsp3) is 0.778.